The highest BCUT2D eigenvalue weighted by atomic mass is 35.5. The minimum atomic E-state index is -0.592. The molecule has 2 aromatic carbocycles. The van der Waals surface area contributed by atoms with Crippen molar-refractivity contribution in [3.63, 3.8) is 0 Å². The number of halogens is 2. The van der Waals surface area contributed by atoms with Crippen LogP contribution in [0.25, 0.3) is 0 Å². The number of benzene rings is 2. The van der Waals surface area contributed by atoms with Gasteiger partial charge >= 0.3 is 0 Å². The summed E-state index contributed by atoms with van der Waals surface area (Å²) in [6.45, 7) is 5.29. The fourth-order valence-corrected chi connectivity index (χ4v) is 4.39. The Kier molecular flexibility index (Phi) is 5.70. The van der Waals surface area contributed by atoms with Crippen LogP contribution in [0, 0.1) is 12.8 Å². The molecule has 29 heavy (non-hydrogen) atoms. The van der Waals surface area contributed by atoms with E-state index in [1.165, 1.54) is 5.56 Å². The molecule has 2 aromatic rings. The summed E-state index contributed by atoms with van der Waals surface area (Å²) in [5.74, 6) is -0.774. The molecule has 4 rings (SSSR count). The molecule has 2 aliphatic rings. The molecular formula is C22H23Cl2N3O2. The average Bonchev–Trinajstić information content (AvgIpc) is 3.11. The quantitative estimate of drug-likeness (QED) is 0.689. The Hall–Kier alpha value is -2.24. The number of amides is 2. The van der Waals surface area contributed by atoms with Crippen molar-refractivity contribution in [1.82, 2.24) is 4.90 Å². The van der Waals surface area contributed by atoms with E-state index in [2.05, 4.69) is 11.8 Å². The van der Waals surface area contributed by atoms with E-state index in [1.807, 2.05) is 35.2 Å². The second kappa shape index (κ2) is 8.25. The fraction of sp³-hybridized carbons (Fsp3) is 0.364. The van der Waals surface area contributed by atoms with E-state index >= 15 is 0 Å². The summed E-state index contributed by atoms with van der Waals surface area (Å²) in [5, 5.41) is 1.34. The van der Waals surface area contributed by atoms with Crippen LogP contribution >= 0.6 is 23.2 Å². The second-order valence-corrected chi connectivity index (χ2v) is 8.42. The van der Waals surface area contributed by atoms with E-state index in [0.29, 0.717) is 36.1 Å². The van der Waals surface area contributed by atoms with E-state index in [4.69, 9.17) is 23.2 Å². The monoisotopic (exact) mass is 431 g/mol. The van der Waals surface area contributed by atoms with Crippen LogP contribution in [-0.2, 0) is 9.59 Å². The smallest absolute Gasteiger partial charge is 0.239 e. The van der Waals surface area contributed by atoms with Crippen molar-refractivity contribution in [2.45, 2.75) is 13.3 Å². The predicted molar refractivity (Wildman–Crippen MR) is 117 cm³/mol. The maximum Gasteiger partial charge on any atom is 0.239 e. The van der Waals surface area contributed by atoms with Gasteiger partial charge in [0.1, 0.15) is 5.92 Å². The molecular weight excluding hydrogens is 409 g/mol. The third-order valence-electron chi connectivity index (χ3n) is 5.75. The van der Waals surface area contributed by atoms with Gasteiger partial charge in [-0.2, -0.15) is 0 Å². The van der Waals surface area contributed by atoms with Gasteiger partial charge in [0.05, 0.1) is 0 Å². The van der Waals surface area contributed by atoms with E-state index in [0.717, 1.165) is 24.5 Å². The molecule has 152 valence electrons. The molecule has 1 atom stereocenters. The van der Waals surface area contributed by atoms with Crippen LogP contribution in [0.1, 0.15) is 12.0 Å². The lowest BCUT2D eigenvalue weighted by Crippen LogP contribution is -2.51. The van der Waals surface area contributed by atoms with Crippen molar-refractivity contribution in [3.05, 3.63) is 58.1 Å². The van der Waals surface area contributed by atoms with Gasteiger partial charge in [-0.05, 0) is 55.3 Å². The van der Waals surface area contributed by atoms with Crippen LogP contribution in [0.15, 0.2) is 42.5 Å². The Morgan fingerprint density at radius 3 is 2.28 bits per heavy atom. The summed E-state index contributed by atoms with van der Waals surface area (Å²) >= 11 is 12.1. The Bertz CT molecular complexity index is 924. The maximum absolute atomic E-state index is 13.0. The zero-order chi connectivity index (χ0) is 20.5. The number of hydrogen-bond acceptors (Lipinski definition) is 3. The van der Waals surface area contributed by atoms with Crippen LogP contribution in [0.2, 0.25) is 10.0 Å². The number of piperazine rings is 1. The lowest BCUT2D eigenvalue weighted by molar-refractivity contribution is -0.140. The fourth-order valence-electron chi connectivity index (χ4n) is 4.10. The second-order valence-electron chi connectivity index (χ2n) is 7.55. The van der Waals surface area contributed by atoms with Gasteiger partial charge in [-0.15, -0.1) is 0 Å². The molecule has 0 aromatic heterocycles. The first-order valence-corrected chi connectivity index (χ1v) is 10.6. The first kappa shape index (κ1) is 20.0. The van der Waals surface area contributed by atoms with E-state index < -0.39 is 5.92 Å². The number of hydrogen-bond donors (Lipinski definition) is 0. The molecule has 0 bridgehead atoms. The highest BCUT2D eigenvalue weighted by Crippen LogP contribution is 2.29. The molecule has 0 unspecified atom stereocenters. The summed E-state index contributed by atoms with van der Waals surface area (Å²) in [7, 11) is 0. The molecule has 0 spiro atoms. The lowest BCUT2D eigenvalue weighted by atomic mass is 10.1. The van der Waals surface area contributed by atoms with E-state index in [9.17, 15) is 9.59 Å². The number of carbonyl (C=O) groups excluding carboxylic acids is 2. The van der Waals surface area contributed by atoms with Crippen molar-refractivity contribution in [1.29, 1.82) is 0 Å². The number of nitrogens with zero attached hydrogens (tertiary/aromatic N) is 3. The SMILES string of the molecule is Cc1ccc(Cl)cc1N1CCN(C(=O)[C@@H]2CCN(c3ccc(Cl)cc3)C2=O)CC1. The number of aryl methyl sites for hydroxylation is 1. The predicted octanol–water partition coefficient (Wildman–Crippen LogP) is 4.00. The molecule has 5 nitrogen and oxygen atoms in total. The van der Waals surface area contributed by atoms with Crippen molar-refractivity contribution in [2.75, 3.05) is 42.5 Å². The molecule has 2 fully saturated rings. The maximum atomic E-state index is 13.0. The Morgan fingerprint density at radius 2 is 1.59 bits per heavy atom. The molecule has 2 aliphatic heterocycles. The highest BCUT2D eigenvalue weighted by molar-refractivity contribution is 6.31. The molecule has 2 amide bonds. The third kappa shape index (κ3) is 4.07. The molecule has 7 heteroatoms. The van der Waals surface area contributed by atoms with E-state index in [-0.39, 0.29) is 11.8 Å². The first-order valence-electron chi connectivity index (χ1n) is 9.81. The minimum absolute atomic E-state index is 0.0612. The van der Waals surface area contributed by atoms with Gasteiger partial charge in [-0.25, -0.2) is 0 Å². The topological polar surface area (TPSA) is 43.9 Å². The zero-order valence-corrected chi connectivity index (χ0v) is 17.8. The zero-order valence-electron chi connectivity index (χ0n) is 16.3. The molecule has 0 radical (unpaired) electrons. The largest absolute Gasteiger partial charge is 0.368 e. The van der Waals surface area contributed by atoms with Gasteiger partial charge in [0.2, 0.25) is 11.8 Å². The standard InChI is InChI=1S/C22H23Cl2N3O2/c1-15-2-3-17(24)14-20(15)25-10-12-26(13-11-25)21(28)19-8-9-27(22(19)29)18-6-4-16(23)5-7-18/h2-7,14,19H,8-13H2,1H3/t19-/m0/s1. The number of rotatable bonds is 3. The van der Waals surface area contributed by atoms with Crippen molar-refractivity contribution >= 4 is 46.4 Å². The van der Waals surface area contributed by atoms with Gasteiger partial charge in [0.25, 0.3) is 0 Å². The van der Waals surface area contributed by atoms with Gasteiger partial charge in [-0.3, -0.25) is 9.59 Å². The van der Waals surface area contributed by atoms with Crippen LogP contribution in [0.4, 0.5) is 11.4 Å². The lowest BCUT2D eigenvalue weighted by Gasteiger charge is -2.37. The highest BCUT2D eigenvalue weighted by Gasteiger charge is 2.40. The first-order chi connectivity index (χ1) is 13.9. The Morgan fingerprint density at radius 1 is 0.931 bits per heavy atom. The van der Waals surface area contributed by atoms with Gasteiger partial charge in [-0.1, -0.05) is 29.3 Å². The number of carbonyl (C=O) groups is 2. The molecule has 0 N–H and O–H groups in total. The molecule has 2 heterocycles. The summed E-state index contributed by atoms with van der Waals surface area (Å²) in [6.07, 6.45) is 0.550. The Balaban J connectivity index is 1.39. The van der Waals surface area contributed by atoms with Crippen molar-refractivity contribution in [2.24, 2.45) is 5.92 Å². The summed E-state index contributed by atoms with van der Waals surface area (Å²) in [6, 6.07) is 13.0. The molecule has 0 aliphatic carbocycles. The van der Waals surface area contributed by atoms with Gasteiger partial charge in [0, 0.05) is 54.1 Å². The van der Waals surface area contributed by atoms with Crippen molar-refractivity contribution in [3.8, 4) is 0 Å². The van der Waals surface area contributed by atoms with Gasteiger partial charge < -0.3 is 14.7 Å². The normalized spacial score (nSPS) is 19.8. The van der Waals surface area contributed by atoms with E-state index in [1.54, 1.807) is 17.0 Å². The van der Waals surface area contributed by atoms with Crippen LogP contribution in [-0.4, -0.2) is 49.4 Å². The molecule has 0 saturated carbocycles. The Labute approximate surface area is 180 Å². The third-order valence-corrected chi connectivity index (χ3v) is 6.23. The minimum Gasteiger partial charge on any atom is -0.368 e. The van der Waals surface area contributed by atoms with Crippen molar-refractivity contribution < 1.29 is 9.59 Å². The molecule has 2 saturated heterocycles. The van der Waals surface area contributed by atoms with Gasteiger partial charge in [0.15, 0.2) is 0 Å². The summed E-state index contributed by atoms with van der Waals surface area (Å²) < 4.78 is 0. The van der Waals surface area contributed by atoms with Crippen LogP contribution in [0.3, 0.4) is 0 Å². The average molecular weight is 432 g/mol. The van der Waals surface area contributed by atoms with Crippen LogP contribution < -0.4 is 9.80 Å². The van der Waals surface area contributed by atoms with Crippen LogP contribution in [0.5, 0.6) is 0 Å². The summed E-state index contributed by atoms with van der Waals surface area (Å²) in [5.41, 5.74) is 3.06. The summed E-state index contributed by atoms with van der Waals surface area (Å²) in [4.78, 5) is 31.6. The number of anilines is 2.